The molecular formula is C21H23NO5. The van der Waals surface area contributed by atoms with Gasteiger partial charge in [-0.2, -0.15) is 4.99 Å². The van der Waals surface area contributed by atoms with E-state index in [0.29, 0.717) is 36.4 Å². The number of benzene rings is 1. The van der Waals surface area contributed by atoms with Crippen molar-refractivity contribution in [2.45, 2.75) is 58.5 Å². The van der Waals surface area contributed by atoms with Crippen molar-refractivity contribution in [3.63, 3.8) is 0 Å². The van der Waals surface area contributed by atoms with E-state index in [4.69, 9.17) is 4.74 Å². The van der Waals surface area contributed by atoms with Crippen molar-refractivity contribution in [1.82, 2.24) is 0 Å². The van der Waals surface area contributed by atoms with Crippen LogP contribution in [0.3, 0.4) is 0 Å². The number of cyclic esters (lactones) is 1. The molecule has 142 valence electrons. The van der Waals surface area contributed by atoms with Crippen molar-refractivity contribution in [3.8, 4) is 0 Å². The first kappa shape index (κ1) is 19.1. The van der Waals surface area contributed by atoms with Gasteiger partial charge in [-0.15, -0.1) is 0 Å². The fourth-order valence-electron chi connectivity index (χ4n) is 3.69. The SMILES string of the molecule is COC(=O)CCC(C)=CCc1c(N=C=O)c2c(c(C)c1C1CC1)COC2=O. The van der Waals surface area contributed by atoms with Crippen LogP contribution in [-0.2, 0) is 32.1 Å². The Morgan fingerprint density at radius 1 is 1.37 bits per heavy atom. The van der Waals surface area contributed by atoms with E-state index in [1.54, 1.807) is 6.08 Å². The fraction of sp³-hybridized carbons (Fsp3) is 0.476. The molecule has 0 aromatic heterocycles. The largest absolute Gasteiger partial charge is 0.469 e. The number of carbonyl (C=O) groups is 2. The topological polar surface area (TPSA) is 82.0 Å². The molecule has 0 amide bonds. The first-order chi connectivity index (χ1) is 13.0. The van der Waals surface area contributed by atoms with Gasteiger partial charge in [-0.1, -0.05) is 11.6 Å². The lowest BCUT2D eigenvalue weighted by atomic mass is 9.87. The van der Waals surface area contributed by atoms with E-state index >= 15 is 0 Å². The number of esters is 2. The highest BCUT2D eigenvalue weighted by molar-refractivity contribution is 6.00. The second-order valence-electron chi connectivity index (χ2n) is 7.10. The Morgan fingerprint density at radius 3 is 2.74 bits per heavy atom. The highest BCUT2D eigenvalue weighted by Gasteiger charge is 2.36. The minimum Gasteiger partial charge on any atom is -0.469 e. The lowest BCUT2D eigenvalue weighted by Crippen LogP contribution is -2.05. The zero-order valence-corrected chi connectivity index (χ0v) is 15.9. The van der Waals surface area contributed by atoms with Gasteiger partial charge in [0.2, 0.25) is 6.08 Å². The number of hydrogen-bond donors (Lipinski definition) is 0. The summed E-state index contributed by atoms with van der Waals surface area (Å²) in [7, 11) is 1.37. The number of aliphatic imine (C=N–C) groups is 1. The zero-order chi connectivity index (χ0) is 19.6. The summed E-state index contributed by atoms with van der Waals surface area (Å²) in [6.07, 6.45) is 7.28. The van der Waals surface area contributed by atoms with Crippen molar-refractivity contribution < 1.29 is 23.9 Å². The maximum absolute atomic E-state index is 12.2. The van der Waals surface area contributed by atoms with Crippen LogP contribution in [-0.4, -0.2) is 25.1 Å². The van der Waals surface area contributed by atoms with Gasteiger partial charge in [-0.25, -0.2) is 9.59 Å². The molecule has 0 N–H and O–H groups in total. The number of carbonyl (C=O) groups excluding carboxylic acids is 3. The molecule has 6 heteroatoms. The smallest absolute Gasteiger partial charge is 0.341 e. The summed E-state index contributed by atoms with van der Waals surface area (Å²) in [5.74, 6) is -0.244. The van der Waals surface area contributed by atoms with Crippen LogP contribution < -0.4 is 0 Å². The molecule has 2 aliphatic rings. The number of hydrogen-bond acceptors (Lipinski definition) is 6. The van der Waals surface area contributed by atoms with E-state index in [1.165, 1.54) is 12.7 Å². The predicted molar refractivity (Wildman–Crippen MR) is 98.8 cm³/mol. The number of isocyanates is 1. The number of nitrogens with zero attached hydrogens (tertiary/aromatic N) is 1. The first-order valence-electron chi connectivity index (χ1n) is 9.13. The summed E-state index contributed by atoms with van der Waals surface area (Å²) in [6.45, 7) is 4.20. The van der Waals surface area contributed by atoms with Crippen molar-refractivity contribution in [2.24, 2.45) is 4.99 Å². The molecule has 0 spiro atoms. The Bertz CT molecular complexity index is 873. The highest BCUT2D eigenvalue weighted by atomic mass is 16.5. The summed E-state index contributed by atoms with van der Waals surface area (Å²) in [5.41, 5.74) is 5.82. The molecule has 0 unspecified atom stereocenters. The van der Waals surface area contributed by atoms with Crippen molar-refractivity contribution >= 4 is 23.7 Å². The molecule has 6 nitrogen and oxygen atoms in total. The summed E-state index contributed by atoms with van der Waals surface area (Å²) < 4.78 is 9.88. The molecule has 1 heterocycles. The molecule has 3 rings (SSSR count). The summed E-state index contributed by atoms with van der Waals surface area (Å²) >= 11 is 0. The highest BCUT2D eigenvalue weighted by Crippen LogP contribution is 2.49. The quantitative estimate of drug-likeness (QED) is 0.314. The van der Waals surface area contributed by atoms with Crippen molar-refractivity contribution in [1.29, 1.82) is 0 Å². The lowest BCUT2D eigenvalue weighted by molar-refractivity contribution is -0.140. The lowest BCUT2D eigenvalue weighted by Gasteiger charge is -2.17. The average molecular weight is 369 g/mol. The van der Waals surface area contributed by atoms with E-state index in [2.05, 4.69) is 9.73 Å². The van der Waals surface area contributed by atoms with Gasteiger partial charge in [0.1, 0.15) is 6.61 Å². The van der Waals surface area contributed by atoms with E-state index < -0.39 is 5.97 Å². The number of allylic oxidation sites excluding steroid dienone is 2. The Labute approximate surface area is 158 Å². The second-order valence-corrected chi connectivity index (χ2v) is 7.10. The fourth-order valence-corrected chi connectivity index (χ4v) is 3.69. The van der Waals surface area contributed by atoms with Crippen LogP contribution in [0.2, 0.25) is 0 Å². The maximum atomic E-state index is 12.2. The van der Waals surface area contributed by atoms with Gasteiger partial charge in [0.25, 0.3) is 0 Å². The molecule has 1 fully saturated rings. The van der Waals surface area contributed by atoms with Crippen LogP contribution in [0.4, 0.5) is 5.69 Å². The van der Waals surface area contributed by atoms with E-state index in [1.807, 2.05) is 19.9 Å². The molecule has 1 aromatic carbocycles. The Kier molecular flexibility index (Phi) is 5.57. The van der Waals surface area contributed by atoms with E-state index in [-0.39, 0.29) is 12.6 Å². The van der Waals surface area contributed by atoms with Gasteiger partial charge in [-0.3, -0.25) is 4.79 Å². The van der Waals surface area contributed by atoms with Gasteiger partial charge in [0.15, 0.2) is 0 Å². The molecule has 1 aliphatic heterocycles. The van der Waals surface area contributed by atoms with Crippen LogP contribution in [0.1, 0.15) is 71.1 Å². The van der Waals surface area contributed by atoms with Crippen molar-refractivity contribution in [3.05, 3.63) is 39.5 Å². The molecule has 0 saturated heterocycles. The number of ether oxygens (including phenoxy) is 2. The standard InChI is InChI=1S/C21H23NO5/c1-12(5-9-17(24)26-3)4-8-15-18(14-6-7-14)13(2)16-10-27-21(25)19(16)20(15)22-11-23/h4,14H,5-10H2,1-3H3. The predicted octanol–water partition coefficient (Wildman–Crippen LogP) is 3.95. The third-order valence-electron chi connectivity index (χ3n) is 5.31. The second kappa shape index (κ2) is 7.89. The Balaban J connectivity index is 2.02. The summed E-state index contributed by atoms with van der Waals surface area (Å²) in [6, 6.07) is 0. The number of rotatable bonds is 7. The molecule has 1 aliphatic carbocycles. The number of methoxy groups -OCH3 is 1. The molecule has 1 aromatic rings. The minimum absolute atomic E-state index is 0.232. The summed E-state index contributed by atoms with van der Waals surface area (Å²) in [5, 5.41) is 0. The third kappa shape index (κ3) is 3.86. The Hall–Kier alpha value is -2.72. The van der Waals surface area contributed by atoms with Crippen LogP contribution >= 0.6 is 0 Å². The molecule has 1 saturated carbocycles. The van der Waals surface area contributed by atoms with Crippen LogP contribution in [0.25, 0.3) is 0 Å². The molecular weight excluding hydrogens is 346 g/mol. The van der Waals surface area contributed by atoms with Crippen LogP contribution in [0, 0.1) is 6.92 Å². The molecule has 27 heavy (non-hydrogen) atoms. The minimum atomic E-state index is -0.433. The molecule has 0 radical (unpaired) electrons. The van der Waals surface area contributed by atoms with E-state index in [0.717, 1.165) is 35.1 Å². The van der Waals surface area contributed by atoms with Gasteiger partial charge in [-0.05, 0) is 62.1 Å². The zero-order valence-electron chi connectivity index (χ0n) is 15.9. The summed E-state index contributed by atoms with van der Waals surface area (Å²) in [4.78, 5) is 38.5. The monoisotopic (exact) mass is 369 g/mol. The van der Waals surface area contributed by atoms with E-state index in [9.17, 15) is 14.4 Å². The maximum Gasteiger partial charge on any atom is 0.341 e. The Morgan fingerprint density at radius 2 is 2.11 bits per heavy atom. The molecule has 0 atom stereocenters. The van der Waals surface area contributed by atoms with Gasteiger partial charge in [0.05, 0.1) is 18.4 Å². The molecule has 0 bridgehead atoms. The van der Waals surface area contributed by atoms with Crippen LogP contribution in [0.15, 0.2) is 16.6 Å². The van der Waals surface area contributed by atoms with Gasteiger partial charge >= 0.3 is 11.9 Å². The number of fused-ring (bicyclic) bond motifs is 1. The third-order valence-corrected chi connectivity index (χ3v) is 5.31. The van der Waals surface area contributed by atoms with Gasteiger partial charge in [0, 0.05) is 12.0 Å². The van der Waals surface area contributed by atoms with Crippen LogP contribution in [0.5, 0.6) is 0 Å². The average Bonchev–Trinajstić information content (AvgIpc) is 3.42. The van der Waals surface area contributed by atoms with Gasteiger partial charge < -0.3 is 9.47 Å². The van der Waals surface area contributed by atoms with Crippen molar-refractivity contribution in [2.75, 3.05) is 7.11 Å². The normalized spacial score (nSPS) is 15.8. The first-order valence-corrected chi connectivity index (χ1v) is 9.13.